The van der Waals surface area contributed by atoms with E-state index in [1.165, 1.54) is 16.9 Å². The minimum Gasteiger partial charge on any atom is -0.371 e. The van der Waals surface area contributed by atoms with Crippen molar-refractivity contribution in [2.24, 2.45) is 10.2 Å². The summed E-state index contributed by atoms with van der Waals surface area (Å²) in [5, 5.41) is 9.04. The zero-order chi connectivity index (χ0) is 19.4. The summed E-state index contributed by atoms with van der Waals surface area (Å²) < 4.78 is 31.9. The summed E-state index contributed by atoms with van der Waals surface area (Å²) >= 11 is 1.49. The summed E-state index contributed by atoms with van der Waals surface area (Å²) in [6.45, 7) is 4.81. The Morgan fingerprint density at radius 1 is 1.15 bits per heavy atom. The third-order valence-corrected chi connectivity index (χ3v) is 5.60. The van der Waals surface area contributed by atoms with Crippen molar-refractivity contribution in [1.82, 2.24) is 4.98 Å². The molecule has 0 aliphatic heterocycles. The van der Waals surface area contributed by atoms with Crippen LogP contribution in [0.15, 0.2) is 52.7 Å². The lowest BCUT2D eigenvalue weighted by atomic mass is 10.2. The van der Waals surface area contributed by atoms with Crippen LogP contribution >= 0.6 is 11.3 Å². The SMILES string of the molecule is CCN(CCS(=O)(=O)O)c1ccc(N=Nc2nc3ccc(C)cc3s2)cc1. The van der Waals surface area contributed by atoms with Crippen molar-refractivity contribution in [3.8, 4) is 0 Å². The number of hydrogen-bond acceptors (Lipinski definition) is 7. The molecule has 0 fully saturated rings. The average Bonchev–Trinajstić information content (AvgIpc) is 3.02. The van der Waals surface area contributed by atoms with Crippen LogP contribution in [-0.4, -0.2) is 36.8 Å². The molecule has 0 radical (unpaired) electrons. The van der Waals surface area contributed by atoms with Gasteiger partial charge in [0.05, 0.1) is 21.7 Å². The zero-order valence-electron chi connectivity index (χ0n) is 15.0. The first-order valence-electron chi connectivity index (χ1n) is 8.43. The molecule has 1 N–H and O–H groups in total. The molecule has 1 aromatic heterocycles. The van der Waals surface area contributed by atoms with Gasteiger partial charge in [-0.05, 0) is 55.8 Å². The van der Waals surface area contributed by atoms with E-state index in [1.807, 2.05) is 55.1 Å². The van der Waals surface area contributed by atoms with Crippen LogP contribution in [0.1, 0.15) is 12.5 Å². The van der Waals surface area contributed by atoms with Gasteiger partial charge in [-0.3, -0.25) is 4.55 Å². The Labute approximate surface area is 162 Å². The summed E-state index contributed by atoms with van der Waals surface area (Å²) in [5.74, 6) is -0.306. The van der Waals surface area contributed by atoms with Gasteiger partial charge in [-0.25, -0.2) is 4.98 Å². The molecule has 0 amide bonds. The Kier molecular flexibility index (Phi) is 5.83. The summed E-state index contributed by atoms with van der Waals surface area (Å²) in [6, 6.07) is 13.4. The van der Waals surface area contributed by atoms with Gasteiger partial charge in [0.2, 0.25) is 5.13 Å². The van der Waals surface area contributed by atoms with Crippen molar-refractivity contribution in [2.75, 3.05) is 23.7 Å². The van der Waals surface area contributed by atoms with Crippen LogP contribution in [0.3, 0.4) is 0 Å². The van der Waals surface area contributed by atoms with E-state index in [0.29, 0.717) is 17.4 Å². The number of aromatic nitrogens is 1. The van der Waals surface area contributed by atoms with Crippen molar-refractivity contribution in [3.05, 3.63) is 48.0 Å². The highest BCUT2D eigenvalue weighted by Gasteiger charge is 2.10. The molecule has 3 rings (SSSR count). The van der Waals surface area contributed by atoms with E-state index < -0.39 is 10.1 Å². The van der Waals surface area contributed by atoms with Gasteiger partial charge in [0, 0.05) is 18.8 Å². The number of rotatable bonds is 7. The van der Waals surface area contributed by atoms with Crippen LogP contribution in [0.25, 0.3) is 10.2 Å². The monoisotopic (exact) mass is 404 g/mol. The summed E-state index contributed by atoms with van der Waals surface area (Å²) in [5.41, 5.74) is 3.63. The predicted molar refractivity (Wildman–Crippen MR) is 109 cm³/mol. The van der Waals surface area contributed by atoms with Gasteiger partial charge >= 0.3 is 0 Å². The summed E-state index contributed by atoms with van der Waals surface area (Å²) in [7, 11) is -3.98. The molecule has 0 unspecified atom stereocenters. The lowest BCUT2D eigenvalue weighted by Crippen LogP contribution is -2.28. The lowest BCUT2D eigenvalue weighted by molar-refractivity contribution is 0.482. The molecular weight excluding hydrogens is 384 g/mol. The smallest absolute Gasteiger partial charge is 0.266 e. The van der Waals surface area contributed by atoms with Crippen LogP contribution in [0, 0.1) is 6.92 Å². The molecule has 9 heteroatoms. The molecule has 27 heavy (non-hydrogen) atoms. The third kappa shape index (κ3) is 5.31. The number of benzene rings is 2. The largest absolute Gasteiger partial charge is 0.371 e. The Morgan fingerprint density at radius 2 is 1.89 bits per heavy atom. The summed E-state index contributed by atoms with van der Waals surface area (Å²) in [6.07, 6.45) is 0. The Morgan fingerprint density at radius 3 is 2.56 bits per heavy atom. The predicted octanol–water partition coefficient (Wildman–Crippen LogP) is 4.73. The number of nitrogens with zero attached hydrogens (tertiary/aromatic N) is 4. The highest BCUT2D eigenvalue weighted by molar-refractivity contribution is 7.85. The van der Waals surface area contributed by atoms with Crippen molar-refractivity contribution < 1.29 is 13.0 Å². The second kappa shape index (κ2) is 8.12. The van der Waals surface area contributed by atoms with Gasteiger partial charge in [0.25, 0.3) is 10.1 Å². The Bertz CT molecular complexity index is 1060. The van der Waals surface area contributed by atoms with Gasteiger partial charge in [0.15, 0.2) is 0 Å². The molecule has 0 spiro atoms. The van der Waals surface area contributed by atoms with Gasteiger partial charge in [-0.2, -0.15) is 8.42 Å². The molecule has 142 valence electrons. The highest BCUT2D eigenvalue weighted by atomic mass is 32.2. The summed E-state index contributed by atoms with van der Waals surface area (Å²) in [4.78, 5) is 6.31. The van der Waals surface area contributed by atoms with Crippen LogP contribution < -0.4 is 4.90 Å². The van der Waals surface area contributed by atoms with E-state index in [0.717, 1.165) is 15.9 Å². The maximum atomic E-state index is 10.9. The van der Waals surface area contributed by atoms with Crippen molar-refractivity contribution in [1.29, 1.82) is 0 Å². The van der Waals surface area contributed by atoms with Crippen molar-refractivity contribution in [2.45, 2.75) is 13.8 Å². The lowest BCUT2D eigenvalue weighted by Gasteiger charge is -2.22. The third-order valence-electron chi connectivity index (χ3n) is 4.00. The van der Waals surface area contributed by atoms with Crippen LogP contribution in [0.5, 0.6) is 0 Å². The Balaban J connectivity index is 1.71. The number of aryl methyl sites for hydroxylation is 1. The van der Waals surface area contributed by atoms with Gasteiger partial charge in [-0.1, -0.05) is 17.4 Å². The second-order valence-electron chi connectivity index (χ2n) is 6.05. The molecule has 2 aromatic carbocycles. The Hall–Kier alpha value is -2.36. The van der Waals surface area contributed by atoms with Crippen LogP contribution in [-0.2, 0) is 10.1 Å². The van der Waals surface area contributed by atoms with Crippen LogP contribution in [0.2, 0.25) is 0 Å². The minimum absolute atomic E-state index is 0.224. The maximum Gasteiger partial charge on any atom is 0.266 e. The molecule has 1 heterocycles. The van der Waals surface area contributed by atoms with Crippen molar-refractivity contribution in [3.63, 3.8) is 0 Å². The topological polar surface area (TPSA) is 95.2 Å². The fourth-order valence-electron chi connectivity index (χ4n) is 2.59. The van der Waals surface area contributed by atoms with Crippen molar-refractivity contribution >= 4 is 48.2 Å². The van der Waals surface area contributed by atoms with Crippen LogP contribution in [0.4, 0.5) is 16.5 Å². The molecular formula is C18H20N4O3S2. The second-order valence-corrected chi connectivity index (χ2v) is 8.63. The van der Waals surface area contributed by atoms with E-state index >= 15 is 0 Å². The standard InChI is InChI=1S/C18H20N4O3S2/c1-3-22(10-11-27(23,24)25)15-7-5-14(6-8-15)20-21-18-19-16-9-4-13(2)12-17(16)26-18/h4-9,12H,3,10-11H2,1-2H3,(H,23,24,25). The molecule has 0 saturated carbocycles. The van der Waals surface area contributed by atoms with E-state index in [1.54, 1.807) is 0 Å². The number of thiazole rings is 1. The molecule has 0 bridgehead atoms. The fraction of sp³-hybridized carbons (Fsp3) is 0.278. The molecule has 7 nitrogen and oxygen atoms in total. The normalized spacial score (nSPS) is 12.1. The van der Waals surface area contributed by atoms with Gasteiger partial charge in [0.1, 0.15) is 0 Å². The van der Waals surface area contributed by atoms with E-state index in [9.17, 15) is 8.42 Å². The van der Waals surface area contributed by atoms with Gasteiger partial charge < -0.3 is 4.90 Å². The first kappa shape index (κ1) is 19.4. The molecule has 0 aliphatic carbocycles. The van der Waals surface area contributed by atoms with Gasteiger partial charge in [-0.15, -0.1) is 10.2 Å². The molecule has 0 saturated heterocycles. The first-order valence-corrected chi connectivity index (χ1v) is 10.9. The number of anilines is 1. The quantitative estimate of drug-likeness (QED) is 0.453. The maximum absolute atomic E-state index is 10.9. The fourth-order valence-corrected chi connectivity index (χ4v) is 3.92. The average molecular weight is 405 g/mol. The number of fused-ring (bicyclic) bond motifs is 1. The molecule has 3 aromatic rings. The first-order chi connectivity index (χ1) is 12.8. The minimum atomic E-state index is -3.98. The number of hydrogen-bond donors (Lipinski definition) is 1. The molecule has 0 atom stereocenters. The molecule has 0 aliphatic rings. The highest BCUT2D eigenvalue weighted by Crippen LogP contribution is 2.30. The van der Waals surface area contributed by atoms with E-state index in [2.05, 4.69) is 21.3 Å². The number of azo groups is 1. The van der Waals surface area contributed by atoms with E-state index in [4.69, 9.17) is 4.55 Å². The van der Waals surface area contributed by atoms with E-state index in [-0.39, 0.29) is 12.3 Å². The zero-order valence-corrected chi connectivity index (χ0v) is 16.7.